The van der Waals surface area contributed by atoms with Gasteiger partial charge in [-0.1, -0.05) is 18.2 Å². The smallest absolute Gasteiger partial charge is 0.0135 e. The quantitative estimate of drug-likeness (QED) is 0.585. The Morgan fingerprint density at radius 1 is 1.60 bits per heavy atom. The van der Waals surface area contributed by atoms with E-state index < -0.39 is 0 Å². The van der Waals surface area contributed by atoms with E-state index in [2.05, 4.69) is 24.0 Å². The van der Waals surface area contributed by atoms with Crippen LogP contribution in [-0.2, 0) is 0 Å². The maximum Gasteiger partial charge on any atom is 0.0135 e. The van der Waals surface area contributed by atoms with Crippen LogP contribution < -0.4 is 5.32 Å². The highest BCUT2D eigenvalue weighted by Gasteiger charge is 2.06. The average molecular weight is 137 g/mol. The summed E-state index contributed by atoms with van der Waals surface area (Å²) in [6.45, 7) is 4.61. The lowest BCUT2D eigenvalue weighted by molar-refractivity contribution is 0.499. The summed E-state index contributed by atoms with van der Waals surface area (Å²) in [4.78, 5) is 0. The SMILES string of the molecule is C=CCNC1CC=CCC1. The first-order valence-electron chi connectivity index (χ1n) is 3.93. The van der Waals surface area contributed by atoms with Crippen molar-refractivity contribution in [3.05, 3.63) is 24.8 Å². The molecule has 1 atom stereocenters. The van der Waals surface area contributed by atoms with Gasteiger partial charge in [-0.15, -0.1) is 6.58 Å². The summed E-state index contributed by atoms with van der Waals surface area (Å²) in [6, 6.07) is 0.697. The molecule has 0 spiro atoms. The maximum absolute atomic E-state index is 3.66. The molecule has 1 nitrogen and oxygen atoms in total. The van der Waals surface area contributed by atoms with E-state index >= 15 is 0 Å². The van der Waals surface area contributed by atoms with E-state index in [0.717, 1.165) is 6.54 Å². The second kappa shape index (κ2) is 4.29. The van der Waals surface area contributed by atoms with Crippen LogP contribution in [0.5, 0.6) is 0 Å². The van der Waals surface area contributed by atoms with Crippen molar-refractivity contribution in [2.75, 3.05) is 6.54 Å². The third-order valence-corrected chi connectivity index (χ3v) is 1.82. The molecular formula is C9H15N. The summed E-state index contributed by atoms with van der Waals surface area (Å²) in [7, 11) is 0. The van der Waals surface area contributed by atoms with E-state index in [9.17, 15) is 0 Å². The summed E-state index contributed by atoms with van der Waals surface area (Å²) in [5.41, 5.74) is 0. The molecule has 0 fully saturated rings. The van der Waals surface area contributed by atoms with Crippen LogP contribution in [0.15, 0.2) is 24.8 Å². The minimum Gasteiger partial charge on any atom is -0.310 e. The van der Waals surface area contributed by atoms with Crippen LogP contribution in [-0.4, -0.2) is 12.6 Å². The highest BCUT2D eigenvalue weighted by molar-refractivity contribution is 4.93. The van der Waals surface area contributed by atoms with E-state index in [4.69, 9.17) is 0 Å². The second-order valence-corrected chi connectivity index (χ2v) is 2.68. The predicted molar refractivity (Wildman–Crippen MR) is 45.0 cm³/mol. The van der Waals surface area contributed by atoms with Gasteiger partial charge in [0.1, 0.15) is 0 Å². The van der Waals surface area contributed by atoms with E-state index in [0.29, 0.717) is 6.04 Å². The molecule has 0 amide bonds. The van der Waals surface area contributed by atoms with Crippen molar-refractivity contribution in [2.45, 2.75) is 25.3 Å². The molecule has 1 aliphatic carbocycles. The molecule has 0 aromatic heterocycles. The standard InChI is InChI=1S/C9H15N/c1-2-8-10-9-6-4-3-5-7-9/h2-4,9-10H,1,5-8H2. The number of hydrogen-bond donors (Lipinski definition) is 1. The third kappa shape index (κ3) is 2.36. The van der Waals surface area contributed by atoms with E-state index in [-0.39, 0.29) is 0 Å². The molecule has 0 radical (unpaired) electrons. The summed E-state index contributed by atoms with van der Waals surface area (Å²) in [5.74, 6) is 0. The molecule has 1 unspecified atom stereocenters. The summed E-state index contributed by atoms with van der Waals surface area (Å²) in [6.07, 6.45) is 10.1. The zero-order valence-corrected chi connectivity index (χ0v) is 6.34. The normalized spacial score (nSPS) is 24.6. The minimum atomic E-state index is 0.697. The van der Waals surface area contributed by atoms with Crippen molar-refractivity contribution in [1.29, 1.82) is 0 Å². The first-order chi connectivity index (χ1) is 4.93. The molecule has 10 heavy (non-hydrogen) atoms. The molecule has 1 aliphatic rings. The molecule has 1 heteroatoms. The summed E-state index contributed by atoms with van der Waals surface area (Å²) >= 11 is 0. The zero-order chi connectivity index (χ0) is 7.23. The predicted octanol–water partition coefficient (Wildman–Crippen LogP) is 1.87. The van der Waals surface area contributed by atoms with Gasteiger partial charge in [-0.25, -0.2) is 0 Å². The van der Waals surface area contributed by atoms with Gasteiger partial charge in [0.15, 0.2) is 0 Å². The monoisotopic (exact) mass is 137 g/mol. The molecule has 0 saturated heterocycles. The Kier molecular flexibility index (Phi) is 3.23. The molecular weight excluding hydrogens is 122 g/mol. The van der Waals surface area contributed by atoms with Gasteiger partial charge in [-0.3, -0.25) is 0 Å². The van der Waals surface area contributed by atoms with Crippen molar-refractivity contribution >= 4 is 0 Å². The largest absolute Gasteiger partial charge is 0.310 e. The van der Waals surface area contributed by atoms with Gasteiger partial charge >= 0.3 is 0 Å². The first-order valence-corrected chi connectivity index (χ1v) is 3.93. The fourth-order valence-corrected chi connectivity index (χ4v) is 1.23. The summed E-state index contributed by atoms with van der Waals surface area (Å²) in [5, 5.41) is 3.40. The van der Waals surface area contributed by atoms with Gasteiger partial charge in [0.05, 0.1) is 0 Å². The molecule has 0 aromatic rings. The Balaban J connectivity index is 2.15. The van der Waals surface area contributed by atoms with Crippen LogP contribution >= 0.6 is 0 Å². The molecule has 1 N–H and O–H groups in total. The van der Waals surface area contributed by atoms with Crippen molar-refractivity contribution in [3.8, 4) is 0 Å². The Labute approximate surface area is 62.8 Å². The van der Waals surface area contributed by atoms with Crippen LogP contribution in [0.4, 0.5) is 0 Å². The van der Waals surface area contributed by atoms with Gasteiger partial charge in [0, 0.05) is 12.6 Å². The van der Waals surface area contributed by atoms with Crippen LogP contribution in [0.1, 0.15) is 19.3 Å². The Morgan fingerprint density at radius 3 is 3.10 bits per heavy atom. The van der Waals surface area contributed by atoms with Gasteiger partial charge < -0.3 is 5.32 Å². The second-order valence-electron chi connectivity index (χ2n) is 2.68. The Bertz CT molecular complexity index is 127. The number of rotatable bonds is 3. The number of hydrogen-bond acceptors (Lipinski definition) is 1. The molecule has 0 bridgehead atoms. The lowest BCUT2D eigenvalue weighted by atomic mass is 10.0. The molecule has 0 aliphatic heterocycles. The lowest BCUT2D eigenvalue weighted by Gasteiger charge is -2.17. The number of allylic oxidation sites excluding steroid dienone is 1. The first kappa shape index (κ1) is 7.55. The molecule has 0 aromatic carbocycles. The fourth-order valence-electron chi connectivity index (χ4n) is 1.23. The average Bonchev–Trinajstić information content (AvgIpc) is 2.03. The zero-order valence-electron chi connectivity index (χ0n) is 6.34. The van der Waals surface area contributed by atoms with Gasteiger partial charge in [-0.2, -0.15) is 0 Å². The Morgan fingerprint density at radius 2 is 2.50 bits per heavy atom. The molecule has 0 saturated carbocycles. The van der Waals surface area contributed by atoms with Crippen molar-refractivity contribution in [1.82, 2.24) is 5.32 Å². The highest BCUT2D eigenvalue weighted by atomic mass is 14.9. The van der Waals surface area contributed by atoms with Crippen LogP contribution in [0, 0.1) is 0 Å². The minimum absolute atomic E-state index is 0.697. The maximum atomic E-state index is 3.66. The van der Waals surface area contributed by atoms with Gasteiger partial charge in [0.2, 0.25) is 0 Å². The topological polar surface area (TPSA) is 12.0 Å². The van der Waals surface area contributed by atoms with Crippen LogP contribution in [0.3, 0.4) is 0 Å². The van der Waals surface area contributed by atoms with Crippen LogP contribution in [0.25, 0.3) is 0 Å². The van der Waals surface area contributed by atoms with Gasteiger partial charge in [0.25, 0.3) is 0 Å². The van der Waals surface area contributed by atoms with Crippen LogP contribution in [0.2, 0.25) is 0 Å². The van der Waals surface area contributed by atoms with Gasteiger partial charge in [-0.05, 0) is 19.3 Å². The molecule has 0 heterocycles. The highest BCUT2D eigenvalue weighted by Crippen LogP contribution is 2.09. The van der Waals surface area contributed by atoms with Crippen molar-refractivity contribution < 1.29 is 0 Å². The van der Waals surface area contributed by atoms with Crippen molar-refractivity contribution in [2.24, 2.45) is 0 Å². The van der Waals surface area contributed by atoms with E-state index in [1.54, 1.807) is 0 Å². The molecule has 56 valence electrons. The van der Waals surface area contributed by atoms with Crippen molar-refractivity contribution in [3.63, 3.8) is 0 Å². The summed E-state index contributed by atoms with van der Waals surface area (Å²) < 4.78 is 0. The van der Waals surface area contributed by atoms with E-state index in [1.165, 1.54) is 19.3 Å². The number of nitrogens with one attached hydrogen (secondary N) is 1. The fraction of sp³-hybridized carbons (Fsp3) is 0.556. The molecule has 1 rings (SSSR count). The third-order valence-electron chi connectivity index (χ3n) is 1.82. The Hall–Kier alpha value is -0.560. The van der Waals surface area contributed by atoms with E-state index in [1.807, 2.05) is 6.08 Å². The lowest BCUT2D eigenvalue weighted by Crippen LogP contribution is -2.29.